The van der Waals surface area contributed by atoms with Crippen molar-refractivity contribution in [2.45, 2.75) is 168 Å². The maximum Gasteiger partial charge on any atom is 0.469 e. The molecule has 0 saturated heterocycles. The van der Waals surface area contributed by atoms with Crippen molar-refractivity contribution in [1.29, 1.82) is 0 Å². The van der Waals surface area contributed by atoms with Gasteiger partial charge in [0.1, 0.15) is 6.61 Å². The summed E-state index contributed by atoms with van der Waals surface area (Å²) in [5, 5.41) is 0. The Hall–Kier alpha value is -1.73. The zero-order valence-corrected chi connectivity index (χ0v) is 29.4. The molecule has 2 N–H and O–H groups in total. The number of phosphoric ester groups is 1. The number of carbonyl (C=O) groups excluding carboxylic acids is 2. The molecule has 0 radical (unpaired) electrons. The maximum absolute atomic E-state index is 12.3. The molecule has 0 aromatic carbocycles. The van der Waals surface area contributed by atoms with E-state index in [1.807, 2.05) is 0 Å². The smallest absolute Gasteiger partial charge is 0.462 e. The monoisotopic (exact) mass is 656 g/mol. The molecule has 0 fully saturated rings. The summed E-state index contributed by atoms with van der Waals surface area (Å²) >= 11 is 0. The van der Waals surface area contributed by atoms with Gasteiger partial charge in [0.05, 0.1) is 6.61 Å². The molecule has 0 amide bonds. The number of phosphoric acid groups is 1. The first-order chi connectivity index (χ1) is 21.8. The van der Waals surface area contributed by atoms with E-state index < -0.39 is 32.5 Å². The number of unbranched alkanes of at least 4 members (excludes halogenated alkanes) is 16. The Morgan fingerprint density at radius 1 is 0.578 bits per heavy atom. The van der Waals surface area contributed by atoms with Crippen molar-refractivity contribution in [2.75, 3.05) is 13.2 Å². The lowest BCUT2D eigenvalue weighted by Crippen LogP contribution is -2.29. The van der Waals surface area contributed by atoms with Crippen LogP contribution in [0.5, 0.6) is 0 Å². The number of carbonyl (C=O) groups is 2. The Labute approximate surface area is 274 Å². The van der Waals surface area contributed by atoms with Crippen LogP contribution in [0.25, 0.3) is 0 Å². The van der Waals surface area contributed by atoms with Crippen molar-refractivity contribution < 1.29 is 37.9 Å². The largest absolute Gasteiger partial charge is 0.469 e. The molecule has 0 aliphatic heterocycles. The number of rotatable bonds is 32. The number of hydrogen-bond acceptors (Lipinski definition) is 6. The predicted octanol–water partition coefficient (Wildman–Crippen LogP) is 10.2. The van der Waals surface area contributed by atoms with E-state index in [9.17, 15) is 14.2 Å². The molecule has 1 atom stereocenters. The Morgan fingerprint density at radius 3 is 1.49 bits per heavy atom. The van der Waals surface area contributed by atoms with E-state index in [1.54, 1.807) is 0 Å². The molecule has 0 aromatic heterocycles. The fourth-order valence-corrected chi connectivity index (χ4v) is 5.05. The second-order valence-corrected chi connectivity index (χ2v) is 13.1. The normalized spacial score (nSPS) is 12.9. The Bertz CT molecular complexity index is 833. The maximum atomic E-state index is 12.3. The highest BCUT2D eigenvalue weighted by atomic mass is 31.2. The minimum atomic E-state index is -4.75. The van der Waals surface area contributed by atoms with Gasteiger partial charge in [-0.15, -0.1) is 0 Å². The topological polar surface area (TPSA) is 119 Å². The zero-order chi connectivity index (χ0) is 33.3. The second-order valence-electron chi connectivity index (χ2n) is 11.8. The van der Waals surface area contributed by atoms with Crippen LogP contribution in [0.3, 0.4) is 0 Å². The highest BCUT2D eigenvalue weighted by Crippen LogP contribution is 2.35. The van der Waals surface area contributed by atoms with Crippen LogP contribution < -0.4 is 0 Å². The zero-order valence-electron chi connectivity index (χ0n) is 28.5. The van der Waals surface area contributed by atoms with Crippen LogP contribution in [0, 0.1) is 0 Å². The molecule has 0 heterocycles. The van der Waals surface area contributed by atoms with Gasteiger partial charge in [-0.1, -0.05) is 115 Å². The predicted molar refractivity (Wildman–Crippen MR) is 184 cm³/mol. The summed E-state index contributed by atoms with van der Waals surface area (Å²) in [5.74, 6) is -0.914. The van der Waals surface area contributed by atoms with Gasteiger partial charge in [-0.2, -0.15) is 0 Å². The van der Waals surface area contributed by atoms with E-state index in [-0.39, 0.29) is 19.4 Å². The first kappa shape index (κ1) is 43.3. The summed E-state index contributed by atoms with van der Waals surface area (Å²) in [4.78, 5) is 42.6. The standard InChI is InChI=1S/C36H65O8P/c1-3-5-7-9-11-13-15-17-18-19-21-23-25-27-29-31-36(38)44-34(33-43-45(39,40)41)32-42-35(37)30-28-26-24-22-20-16-14-12-10-8-6-4-2/h11-14,17-18,34H,3-10,15-16,19-33H2,1-2H3,(H2,39,40,41)/b13-11-,14-12-,18-17-/t34-/m1/s1. The Kier molecular flexibility index (Phi) is 31.0. The van der Waals surface area contributed by atoms with Gasteiger partial charge in [-0.25, -0.2) is 4.57 Å². The van der Waals surface area contributed by atoms with Gasteiger partial charge in [-0.05, 0) is 70.6 Å². The molecule has 0 bridgehead atoms. The first-order valence-corrected chi connectivity index (χ1v) is 19.3. The summed E-state index contributed by atoms with van der Waals surface area (Å²) in [6, 6.07) is 0. The third kappa shape index (κ3) is 35.0. The minimum Gasteiger partial charge on any atom is -0.462 e. The van der Waals surface area contributed by atoms with Gasteiger partial charge in [0.25, 0.3) is 0 Å². The number of ether oxygens (including phenoxy) is 2. The summed E-state index contributed by atoms with van der Waals surface area (Å²) in [6.07, 6.45) is 35.8. The van der Waals surface area contributed by atoms with Crippen LogP contribution in [-0.2, 0) is 28.2 Å². The van der Waals surface area contributed by atoms with Gasteiger partial charge in [0.2, 0.25) is 0 Å². The van der Waals surface area contributed by atoms with Gasteiger partial charge in [0, 0.05) is 12.8 Å². The first-order valence-electron chi connectivity index (χ1n) is 17.8. The highest BCUT2D eigenvalue weighted by Gasteiger charge is 2.22. The van der Waals surface area contributed by atoms with E-state index in [0.717, 1.165) is 77.0 Å². The Morgan fingerprint density at radius 2 is 1.00 bits per heavy atom. The summed E-state index contributed by atoms with van der Waals surface area (Å²) in [6.45, 7) is 3.59. The van der Waals surface area contributed by atoms with Crippen LogP contribution in [-0.4, -0.2) is 41.0 Å². The van der Waals surface area contributed by atoms with E-state index in [0.29, 0.717) is 12.8 Å². The fraction of sp³-hybridized carbons (Fsp3) is 0.778. The van der Waals surface area contributed by atoms with Crippen molar-refractivity contribution in [2.24, 2.45) is 0 Å². The van der Waals surface area contributed by atoms with Gasteiger partial charge < -0.3 is 19.3 Å². The Balaban J connectivity index is 4.04. The molecule has 262 valence electrons. The van der Waals surface area contributed by atoms with E-state index in [1.165, 1.54) is 44.9 Å². The lowest BCUT2D eigenvalue weighted by molar-refractivity contribution is -0.161. The van der Waals surface area contributed by atoms with Gasteiger partial charge in [-0.3, -0.25) is 14.1 Å². The lowest BCUT2D eigenvalue weighted by atomic mass is 10.1. The quantitative estimate of drug-likeness (QED) is 0.0318. The number of esters is 2. The van der Waals surface area contributed by atoms with Crippen molar-refractivity contribution >= 4 is 19.8 Å². The summed E-state index contributed by atoms with van der Waals surface area (Å²) in [5.41, 5.74) is 0. The summed E-state index contributed by atoms with van der Waals surface area (Å²) in [7, 11) is -4.75. The molecule has 0 aliphatic carbocycles. The van der Waals surface area contributed by atoms with Crippen molar-refractivity contribution in [1.82, 2.24) is 0 Å². The van der Waals surface area contributed by atoms with Gasteiger partial charge in [0.15, 0.2) is 6.10 Å². The molecule has 0 aromatic rings. The molecule has 0 aliphatic rings. The molecule has 0 spiro atoms. The molecule has 0 unspecified atom stereocenters. The molecule has 9 heteroatoms. The van der Waals surface area contributed by atoms with Crippen LogP contribution in [0.1, 0.15) is 162 Å². The fourth-order valence-electron chi connectivity index (χ4n) is 4.69. The van der Waals surface area contributed by atoms with Crippen molar-refractivity contribution in [3.05, 3.63) is 36.5 Å². The third-order valence-corrected chi connectivity index (χ3v) is 7.87. The lowest BCUT2D eigenvalue weighted by Gasteiger charge is -2.18. The molecular formula is C36H65O8P. The summed E-state index contributed by atoms with van der Waals surface area (Å²) < 4.78 is 26.2. The van der Waals surface area contributed by atoms with Crippen molar-refractivity contribution in [3.63, 3.8) is 0 Å². The van der Waals surface area contributed by atoms with E-state index >= 15 is 0 Å². The second kappa shape index (κ2) is 32.2. The molecule has 8 nitrogen and oxygen atoms in total. The van der Waals surface area contributed by atoms with Crippen LogP contribution in [0.2, 0.25) is 0 Å². The van der Waals surface area contributed by atoms with E-state index in [2.05, 4.69) is 54.8 Å². The van der Waals surface area contributed by atoms with Crippen LogP contribution in [0.15, 0.2) is 36.5 Å². The molecule has 45 heavy (non-hydrogen) atoms. The van der Waals surface area contributed by atoms with Crippen LogP contribution in [0.4, 0.5) is 0 Å². The average molecular weight is 657 g/mol. The van der Waals surface area contributed by atoms with E-state index in [4.69, 9.17) is 19.3 Å². The molecule has 0 saturated carbocycles. The SMILES string of the molecule is CCCCC/C=C\C/C=C\CCCCCCCC(=O)O[C@H](COC(=O)CCCCCCC/C=C\CCCCC)COP(=O)(O)O. The third-order valence-electron chi connectivity index (χ3n) is 7.38. The van der Waals surface area contributed by atoms with Crippen molar-refractivity contribution in [3.8, 4) is 0 Å². The van der Waals surface area contributed by atoms with Gasteiger partial charge >= 0.3 is 19.8 Å². The minimum absolute atomic E-state index is 0.194. The molecule has 0 rings (SSSR count). The average Bonchev–Trinajstić information content (AvgIpc) is 3.00. The molecular weight excluding hydrogens is 591 g/mol. The number of allylic oxidation sites excluding steroid dienone is 6. The number of hydrogen-bond donors (Lipinski definition) is 2. The van der Waals surface area contributed by atoms with Crippen LogP contribution >= 0.6 is 7.82 Å². The highest BCUT2D eigenvalue weighted by molar-refractivity contribution is 7.46.